The number of carboxylic acid groups (broad SMARTS) is 1. The van der Waals surface area contributed by atoms with Crippen LogP contribution in [0.25, 0.3) is 0 Å². The van der Waals surface area contributed by atoms with Gasteiger partial charge < -0.3 is 10.4 Å². The molecule has 2 unspecified atom stereocenters. The van der Waals surface area contributed by atoms with Gasteiger partial charge in [-0.1, -0.05) is 12.3 Å². The summed E-state index contributed by atoms with van der Waals surface area (Å²) >= 11 is 0. The van der Waals surface area contributed by atoms with Gasteiger partial charge in [-0.25, -0.2) is 0 Å². The molecule has 5 heteroatoms. The molecule has 1 fully saturated rings. The van der Waals surface area contributed by atoms with Crippen molar-refractivity contribution in [3.8, 4) is 12.3 Å². The maximum absolute atomic E-state index is 11.4. The van der Waals surface area contributed by atoms with E-state index in [2.05, 4.69) is 16.6 Å². The summed E-state index contributed by atoms with van der Waals surface area (Å²) in [6.45, 7) is 0.969. The SMILES string of the molecule is C#CCNCC(=O)NCC1CCCC1C(=O)O. The molecule has 3 N–H and O–H groups in total. The highest BCUT2D eigenvalue weighted by Gasteiger charge is 2.32. The number of hydrogen-bond donors (Lipinski definition) is 3. The fraction of sp³-hybridized carbons (Fsp3) is 0.667. The summed E-state index contributed by atoms with van der Waals surface area (Å²) in [5.41, 5.74) is 0. The summed E-state index contributed by atoms with van der Waals surface area (Å²) in [6.07, 6.45) is 7.54. The third kappa shape index (κ3) is 4.45. The van der Waals surface area contributed by atoms with Gasteiger partial charge in [0.25, 0.3) is 0 Å². The fourth-order valence-corrected chi connectivity index (χ4v) is 2.16. The molecule has 1 rings (SSSR count). The second-order valence-electron chi connectivity index (χ2n) is 4.25. The van der Waals surface area contributed by atoms with E-state index in [4.69, 9.17) is 11.5 Å². The number of carboxylic acids is 1. The van der Waals surface area contributed by atoms with Crippen molar-refractivity contribution in [3.05, 3.63) is 0 Å². The first-order chi connectivity index (χ1) is 8.15. The van der Waals surface area contributed by atoms with E-state index in [9.17, 15) is 9.59 Å². The molecule has 17 heavy (non-hydrogen) atoms. The van der Waals surface area contributed by atoms with Crippen LogP contribution in [0.15, 0.2) is 0 Å². The molecule has 0 aromatic carbocycles. The van der Waals surface area contributed by atoms with Gasteiger partial charge in [0.1, 0.15) is 0 Å². The number of carbonyl (C=O) groups excluding carboxylic acids is 1. The largest absolute Gasteiger partial charge is 0.481 e. The standard InChI is InChI=1S/C12H18N2O3/c1-2-6-13-8-11(15)14-7-9-4-3-5-10(9)12(16)17/h1,9-10,13H,3-8H2,(H,14,15)(H,16,17). The van der Waals surface area contributed by atoms with Crippen LogP contribution >= 0.6 is 0 Å². The number of amides is 1. The van der Waals surface area contributed by atoms with Gasteiger partial charge in [0.2, 0.25) is 5.91 Å². The molecule has 1 amide bonds. The monoisotopic (exact) mass is 238 g/mol. The third-order valence-corrected chi connectivity index (χ3v) is 3.05. The summed E-state index contributed by atoms with van der Waals surface area (Å²) in [5, 5.41) is 14.5. The van der Waals surface area contributed by atoms with Crippen molar-refractivity contribution in [2.75, 3.05) is 19.6 Å². The Morgan fingerprint density at radius 2 is 2.18 bits per heavy atom. The van der Waals surface area contributed by atoms with Crippen molar-refractivity contribution < 1.29 is 14.7 Å². The predicted molar refractivity (Wildman–Crippen MR) is 63.2 cm³/mol. The first-order valence-corrected chi connectivity index (χ1v) is 5.79. The number of rotatable bonds is 6. The van der Waals surface area contributed by atoms with E-state index in [1.165, 1.54) is 0 Å². The molecule has 0 aromatic rings. The Bertz CT molecular complexity index is 322. The molecule has 0 aliphatic heterocycles. The Morgan fingerprint density at radius 3 is 2.82 bits per heavy atom. The zero-order valence-corrected chi connectivity index (χ0v) is 9.74. The van der Waals surface area contributed by atoms with Crippen LogP contribution in [0.3, 0.4) is 0 Å². The van der Waals surface area contributed by atoms with Crippen LogP contribution in [-0.4, -0.2) is 36.6 Å². The molecule has 2 atom stereocenters. The second kappa shape index (κ2) is 6.92. The lowest BCUT2D eigenvalue weighted by atomic mass is 9.96. The van der Waals surface area contributed by atoms with Crippen molar-refractivity contribution >= 4 is 11.9 Å². The highest BCUT2D eigenvalue weighted by molar-refractivity contribution is 5.78. The quantitative estimate of drug-likeness (QED) is 0.443. The maximum Gasteiger partial charge on any atom is 0.306 e. The molecular formula is C12H18N2O3. The van der Waals surface area contributed by atoms with E-state index in [0.29, 0.717) is 19.5 Å². The molecule has 0 spiro atoms. The van der Waals surface area contributed by atoms with Crippen LogP contribution in [0, 0.1) is 24.2 Å². The average molecular weight is 238 g/mol. The second-order valence-corrected chi connectivity index (χ2v) is 4.25. The topological polar surface area (TPSA) is 78.4 Å². The van der Waals surface area contributed by atoms with E-state index in [1.807, 2.05) is 0 Å². The fourth-order valence-electron chi connectivity index (χ4n) is 2.16. The lowest BCUT2D eigenvalue weighted by molar-refractivity contribution is -0.143. The van der Waals surface area contributed by atoms with E-state index in [-0.39, 0.29) is 24.3 Å². The zero-order valence-electron chi connectivity index (χ0n) is 9.74. The molecule has 1 aliphatic carbocycles. The predicted octanol–water partition coefficient (Wildman–Crippen LogP) is -0.174. The Labute approximate surface area is 101 Å². The molecule has 5 nitrogen and oxygen atoms in total. The first-order valence-electron chi connectivity index (χ1n) is 5.79. The molecule has 0 radical (unpaired) electrons. The number of hydrogen-bond acceptors (Lipinski definition) is 3. The summed E-state index contributed by atoms with van der Waals surface area (Å²) in [4.78, 5) is 22.3. The van der Waals surface area contributed by atoms with Crippen LogP contribution in [-0.2, 0) is 9.59 Å². The molecule has 0 saturated heterocycles. The minimum Gasteiger partial charge on any atom is -0.481 e. The number of nitrogens with one attached hydrogen (secondary N) is 2. The Hall–Kier alpha value is -1.54. The van der Waals surface area contributed by atoms with Crippen molar-refractivity contribution in [1.82, 2.24) is 10.6 Å². The minimum absolute atomic E-state index is 0.0593. The highest BCUT2D eigenvalue weighted by Crippen LogP contribution is 2.31. The van der Waals surface area contributed by atoms with Gasteiger partial charge >= 0.3 is 5.97 Å². The van der Waals surface area contributed by atoms with Crippen LogP contribution < -0.4 is 10.6 Å². The lowest BCUT2D eigenvalue weighted by Crippen LogP contribution is -2.38. The Morgan fingerprint density at radius 1 is 1.41 bits per heavy atom. The third-order valence-electron chi connectivity index (χ3n) is 3.05. The Kier molecular flexibility index (Phi) is 5.50. The maximum atomic E-state index is 11.4. The van der Waals surface area contributed by atoms with Gasteiger partial charge in [-0.15, -0.1) is 6.42 Å². The van der Waals surface area contributed by atoms with Crippen molar-refractivity contribution in [3.63, 3.8) is 0 Å². The van der Waals surface area contributed by atoms with Gasteiger partial charge in [-0.3, -0.25) is 14.9 Å². The summed E-state index contributed by atoms with van der Waals surface area (Å²) in [5.74, 6) is 1.22. The van der Waals surface area contributed by atoms with Gasteiger partial charge in [0.05, 0.1) is 19.0 Å². The van der Waals surface area contributed by atoms with E-state index in [1.54, 1.807) is 0 Å². The molecule has 1 aliphatic rings. The van der Waals surface area contributed by atoms with Crippen LogP contribution in [0.1, 0.15) is 19.3 Å². The Balaban J connectivity index is 2.23. The summed E-state index contributed by atoms with van der Waals surface area (Å²) < 4.78 is 0. The van der Waals surface area contributed by atoms with Crippen LogP contribution in [0.4, 0.5) is 0 Å². The number of terminal acetylenes is 1. The first kappa shape index (κ1) is 13.5. The summed E-state index contributed by atoms with van der Waals surface area (Å²) in [7, 11) is 0. The molecule has 94 valence electrons. The zero-order chi connectivity index (χ0) is 12.7. The van der Waals surface area contributed by atoms with Crippen molar-refractivity contribution in [1.29, 1.82) is 0 Å². The van der Waals surface area contributed by atoms with Gasteiger partial charge in [0.15, 0.2) is 0 Å². The average Bonchev–Trinajstić information content (AvgIpc) is 2.75. The number of carbonyl (C=O) groups is 2. The van der Waals surface area contributed by atoms with Gasteiger partial charge in [-0.2, -0.15) is 0 Å². The van der Waals surface area contributed by atoms with Crippen LogP contribution in [0.2, 0.25) is 0 Å². The van der Waals surface area contributed by atoms with E-state index < -0.39 is 5.97 Å². The lowest BCUT2D eigenvalue weighted by Gasteiger charge is -2.16. The van der Waals surface area contributed by atoms with E-state index in [0.717, 1.165) is 12.8 Å². The van der Waals surface area contributed by atoms with E-state index >= 15 is 0 Å². The van der Waals surface area contributed by atoms with Gasteiger partial charge in [-0.05, 0) is 18.8 Å². The highest BCUT2D eigenvalue weighted by atomic mass is 16.4. The molecule has 0 heterocycles. The number of aliphatic carboxylic acids is 1. The smallest absolute Gasteiger partial charge is 0.306 e. The minimum atomic E-state index is -0.757. The molecule has 0 aromatic heterocycles. The molecule has 1 saturated carbocycles. The molecular weight excluding hydrogens is 220 g/mol. The van der Waals surface area contributed by atoms with Crippen molar-refractivity contribution in [2.24, 2.45) is 11.8 Å². The van der Waals surface area contributed by atoms with Gasteiger partial charge in [0, 0.05) is 6.54 Å². The molecule has 0 bridgehead atoms. The van der Waals surface area contributed by atoms with Crippen molar-refractivity contribution in [2.45, 2.75) is 19.3 Å². The van der Waals surface area contributed by atoms with Crippen LogP contribution in [0.5, 0.6) is 0 Å². The normalized spacial score (nSPS) is 23.0. The summed E-state index contributed by atoms with van der Waals surface area (Å²) in [6, 6.07) is 0.